The third-order valence-corrected chi connectivity index (χ3v) is 1.99. The number of hydrogen-bond acceptors (Lipinski definition) is 2. The number of carbonyl (C=O) groups is 1. The summed E-state index contributed by atoms with van der Waals surface area (Å²) >= 11 is 0. The molecule has 56 valence electrons. The standard InChI is InChI=1S/C7H11NO2/c1-4-5(2)7(10)8(3)6(4)9/h6,9H,1-3H3. The summed E-state index contributed by atoms with van der Waals surface area (Å²) in [6, 6.07) is 0. The second kappa shape index (κ2) is 2.09. The second-order valence-electron chi connectivity index (χ2n) is 2.60. The third kappa shape index (κ3) is 0.743. The zero-order chi connectivity index (χ0) is 7.89. The number of likely N-dealkylation sites (N-methyl/N-ethyl adjacent to an activating group) is 1. The lowest BCUT2D eigenvalue weighted by Crippen LogP contribution is -2.30. The first-order valence-corrected chi connectivity index (χ1v) is 3.18. The van der Waals surface area contributed by atoms with Gasteiger partial charge in [0.2, 0.25) is 0 Å². The number of nitrogens with zero attached hydrogens (tertiary/aromatic N) is 1. The van der Waals surface area contributed by atoms with Crippen molar-refractivity contribution in [1.82, 2.24) is 4.90 Å². The van der Waals surface area contributed by atoms with E-state index < -0.39 is 6.23 Å². The van der Waals surface area contributed by atoms with Gasteiger partial charge < -0.3 is 10.0 Å². The molecule has 10 heavy (non-hydrogen) atoms. The molecule has 0 radical (unpaired) electrons. The summed E-state index contributed by atoms with van der Waals surface area (Å²) < 4.78 is 0. The fourth-order valence-corrected chi connectivity index (χ4v) is 1.03. The maximum absolute atomic E-state index is 11.0. The molecular weight excluding hydrogens is 130 g/mol. The van der Waals surface area contributed by atoms with E-state index in [1.807, 2.05) is 0 Å². The molecule has 0 aliphatic carbocycles. The van der Waals surface area contributed by atoms with Crippen LogP contribution in [-0.4, -0.2) is 29.2 Å². The van der Waals surface area contributed by atoms with E-state index in [2.05, 4.69) is 0 Å². The highest BCUT2D eigenvalue weighted by molar-refractivity contribution is 5.96. The van der Waals surface area contributed by atoms with Crippen molar-refractivity contribution in [2.45, 2.75) is 20.1 Å². The average Bonchev–Trinajstić information content (AvgIpc) is 2.07. The Labute approximate surface area is 59.9 Å². The fraction of sp³-hybridized carbons (Fsp3) is 0.571. The van der Waals surface area contributed by atoms with Gasteiger partial charge in [0.05, 0.1) is 0 Å². The first-order valence-electron chi connectivity index (χ1n) is 3.18. The smallest absolute Gasteiger partial charge is 0.251 e. The van der Waals surface area contributed by atoms with Crippen molar-refractivity contribution in [3.8, 4) is 0 Å². The molecule has 0 aromatic carbocycles. The molecule has 1 atom stereocenters. The quantitative estimate of drug-likeness (QED) is 0.520. The molecule has 0 fully saturated rings. The number of carbonyl (C=O) groups excluding carboxylic acids is 1. The Morgan fingerprint density at radius 2 is 2.00 bits per heavy atom. The molecule has 0 bridgehead atoms. The van der Waals surface area contributed by atoms with E-state index in [9.17, 15) is 9.90 Å². The van der Waals surface area contributed by atoms with Crippen LogP contribution in [0.15, 0.2) is 11.1 Å². The molecule has 1 aliphatic heterocycles. The maximum atomic E-state index is 11.0. The highest BCUT2D eigenvalue weighted by Gasteiger charge is 2.29. The SMILES string of the molecule is CC1=C(C)C(O)N(C)C1=O. The van der Waals surface area contributed by atoms with Crippen LogP contribution in [0, 0.1) is 0 Å². The Hall–Kier alpha value is -0.830. The summed E-state index contributed by atoms with van der Waals surface area (Å²) in [6.07, 6.45) is -0.701. The normalized spacial score (nSPS) is 26.6. The third-order valence-electron chi connectivity index (χ3n) is 1.99. The summed E-state index contributed by atoms with van der Waals surface area (Å²) in [4.78, 5) is 12.4. The van der Waals surface area contributed by atoms with Crippen LogP contribution in [0.2, 0.25) is 0 Å². The highest BCUT2D eigenvalue weighted by atomic mass is 16.3. The topological polar surface area (TPSA) is 40.5 Å². The number of hydrogen-bond donors (Lipinski definition) is 1. The Kier molecular flexibility index (Phi) is 1.52. The summed E-state index contributed by atoms with van der Waals surface area (Å²) in [5, 5.41) is 9.25. The minimum atomic E-state index is -0.701. The average molecular weight is 141 g/mol. The molecule has 3 heteroatoms. The lowest BCUT2D eigenvalue weighted by atomic mass is 10.2. The van der Waals surface area contributed by atoms with Crippen molar-refractivity contribution in [2.24, 2.45) is 0 Å². The summed E-state index contributed by atoms with van der Waals surface area (Å²) in [6.45, 7) is 3.49. The molecular formula is C7H11NO2. The van der Waals surface area contributed by atoms with E-state index in [0.29, 0.717) is 5.57 Å². The van der Waals surface area contributed by atoms with Gasteiger partial charge in [-0.15, -0.1) is 0 Å². The van der Waals surface area contributed by atoms with Crippen molar-refractivity contribution in [3.05, 3.63) is 11.1 Å². The molecule has 1 aliphatic rings. The van der Waals surface area contributed by atoms with Gasteiger partial charge in [0, 0.05) is 12.6 Å². The van der Waals surface area contributed by atoms with E-state index in [4.69, 9.17) is 0 Å². The Bertz CT molecular complexity index is 208. The molecule has 0 spiro atoms. The van der Waals surface area contributed by atoms with Gasteiger partial charge >= 0.3 is 0 Å². The van der Waals surface area contributed by atoms with Crippen molar-refractivity contribution in [3.63, 3.8) is 0 Å². The molecule has 1 unspecified atom stereocenters. The highest BCUT2D eigenvalue weighted by Crippen LogP contribution is 2.21. The van der Waals surface area contributed by atoms with Gasteiger partial charge in [-0.05, 0) is 19.4 Å². The van der Waals surface area contributed by atoms with Gasteiger partial charge in [-0.25, -0.2) is 0 Å². The Morgan fingerprint density at radius 1 is 1.50 bits per heavy atom. The van der Waals surface area contributed by atoms with Crippen LogP contribution >= 0.6 is 0 Å². The number of rotatable bonds is 0. The lowest BCUT2D eigenvalue weighted by molar-refractivity contribution is -0.129. The van der Waals surface area contributed by atoms with Crippen LogP contribution in [0.3, 0.4) is 0 Å². The first-order chi connectivity index (χ1) is 4.55. The van der Waals surface area contributed by atoms with Crippen molar-refractivity contribution in [1.29, 1.82) is 0 Å². The second-order valence-corrected chi connectivity index (χ2v) is 2.60. The number of amides is 1. The van der Waals surface area contributed by atoms with E-state index in [0.717, 1.165) is 5.57 Å². The lowest BCUT2D eigenvalue weighted by Gasteiger charge is -2.14. The molecule has 0 saturated carbocycles. The molecule has 1 amide bonds. The minimum Gasteiger partial charge on any atom is -0.369 e. The largest absolute Gasteiger partial charge is 0.369 e. The van der Waals surface area contributed by atoms with Crippen LogP contribution in [0.4, 0.5) is 0 Å². The summed E-state index contributed by atoms with van der Waals surface area (Å²) in [5.41, 5.74) is 1.42. The minimum absolute atomic E-state index is 0.0787. The van der Waals surface area contributed by atoms with Crippen LogP contribution in [0.1, 0.15) is 13.8 Å². The Balaban J connectivity index is 2.99. The van der Waals surface area contributed by atoms with Crippen LogP contribution in [0.5, 0.6) is 0 Å². The van der Waals surface area contributed by atoms with E-state index in [-0.39, 0.29) is 5.91 Å². The van der Waals surface area contributed by atoms with Crippen LogP contribution in [-0.2, 0) is 4.79 Å². The molecule has 0 saturated heterocycles. The zero-order valence-corrected chi connectivity index (χ0v) is 6.38. The monoisotopic (exact) mass is 141 g/mol. The van der Waals surface area contributed by atoms with Gasteiger partial charge in [0.25, 0.3) is 5.91 Å². The van der Waals surface area contributed by atoms with Gasteiger partial charge in [0.15, 0.2) is 6.23 Å². The van der Waals surface area contributed by atoms with E-state index in [1.165, 1.54) is 4.90 Å². The molecule has 1 rings (SSSR count). The molecule has 3 nitrogen and oxygen atoms in total. The van der Waals surface area contributed by atoms with Crippen molar-refractivity contribution < 1.29 is 9.90 Å². The first kappa shape index (κ1) is 7.28. The van der Waals surface area contributed by atoms with Crippen LogP contribution < -0.4 is 0 Å². The molecule has 0 aromatic heterocycles. The maximum Gasteiger partial charge on any atom is 0.251 e. The number of aliphatic hydroxyl groups is 1. The molecule has 0 aromatic rings. The predicted molar refractivity (Wildman–Crippen MR) is 37.2 cm³/mol. The van der Waals surface area contributed by atoms with Crippen LogP contribution in [0.25, 0.3) is 0 Å². The Morgan fingerprint density at radius 3 is 2.10 bits per heavy atom. The molecule has 1 heterocycles. The van der Waals surface area contributed by atoms with Gasteiger partial charge in [0.1, 0.15) is 0 Å². The van der Waals surface area contributed by atoms with E-state index >= 15 is 0 Å². The zero-order valence-electron chi connectivity index (χ0n) is 6.38. The van der Waals surface area contributed by atoms with Gasteiger partial charge in [-0.3, -0.25) is 4.79 Å². The molecule has 1 N–H and O–H groups in total. The van der Waals surface area contributed by atoms with Gasteiger partial charge in [-0.1, -0.05) is 0 Å². The number of aliphatic hydroxyl groups excluding tert-OH is 1. The van der Waals surface area contributed by atoms with Crippen molar-refractivity contribution >= 4 is 5.91 Å². The van der Waals surface area contributed by atoms with Crippen molar-refractivity contribution in [2.75, 3.05) is 7.05 Å². The summed E-state index contributed by atoms with van der Waals surface area (Å²) in [7, 11) is 1.59. The summed E-state index contributed by atoms with van der Waals surface area (Å²) in [5.74, 6) is -0.0787. The predicted octanol–water partition coefficient (Wildman–Crippen LogP) is 0.113. The fourth-order valence-electron chi connectivity index (χ4n) is 1.03. The van der Waals surface area contributed by atoms with E-state index in [1.54, 1.807) is 20.9 Å². The van der Waals surface area contributed by atoms with Gasteiger partial charge in [-0.2, -0.15) is 0 Å².